The van der Waals surface area contributed by atoms with E-state index in [0.717, 1.165) is 7.11 Å². The number of carbonyl (C=O) groups excluding carboxylic acids is 3. The van der Waals surface area contributed by atoms with E-state index >= 15 is 0 Å². The average Bonchev–Trinajstić information content (AvgIpc) is 2.47. The lowest BCUT2D eigenvalue weighted by atomic mass is 10.2. The van der Waals surface area contributed by atoms with Crippen LogP contribution in [0.2, 0.25) is 0 Å². The normalized spacial score (nSPS) is 30.7. The van der Waals surface area contributed by atoms with Crippen molar-refractivity contribution in [2.75, 3.05) is 7.11 Å². The number of carbonyl (C=O) groups is 3. The molecular formula is C11H17NO5. The molecule has 1 heterocycles. The topological polar surface area (TPSA) is 72.9 Å². The molecule has 0 unspecified atom stereocenters. The number of imide groups is 1. The van der Waals surface area contributed by atoms with Crippen LogP contribution in [-0.4, -0.2) is 41.6 Å². The quantitative estimate of drug-likeness (QED) is 0.646. The van der Waals surface area contributed by atoms with E-state index in [1.54, 1.807) is 20.8 Å². The van der Waals surface area contributed by atoms with Gasteiger partial charge in [0.15, 0.2) is 0 Å². The first-order valence-corrected chi connectivity index (χ1v) is 5.10. The molecule has 1 fully saturated rings. The van der Waals surface area contributed by atoms with Crippen molar-refractivity contribution in [3.63, 3.8) is 0 Å². The van der Waals surface area contributed by atoms with Crippen LogP contribution in [0, 0.1) is 0 Å². The number of hydrogen-bond acceptors (Lipinski definition) is 5. The van der Waals surface area contributed by atoms with Gasteiger partial charge in [-0.15, -0.1) is 0 Å². The summed E-state index contributed by atoms with van der Waals surface area (Å²) >= 11 is 0. The molecule has 0 aromatic heterocycles. The van der Waals surface area contributed by atoms with Crippen molar-refractivity contribution in [3.05, 3.63) is 0 Å². The highest BCUT2D eigenvalue weighted by Crippen LogP contribution is 2.22. The minimum atomic E-state index is -2.39. The molecule has 1 rings (SSSR count). The number of hydrogen-bond donors (Lipinski definition) is 0. The van der Waals surface area contributed by atoms with Gasteiger partial charge in [-0.3, -0.25) is 4.79 Å². The minimum Gasteiger partial charge on any atom is -0.467 e. The summed E-state index contributed by atoms with van der Waals surface area (Å²) in [5, 5.41) is 0. The molecule has 1 aliphatic heterocycles. The Balaban J connectivity index is 3.11. The summed E-state index contributed by atoms with van der Waals surface area (Å²) in [5.41, 5.74) is -0.880. The van der Waals surface area contributed by atoms with Gasteiger partial charge >= 0.3 is 12.1 Å². The third kappa shape index (κ3) is 3.18. The van der Waals surface area contributed by atoms with Crippen molar-refractivity contribution in [1.82, 2.24) is 4.90 Å². The van der Waals surface area contributed by atoms with Gasteiger partial charge < -0.3 is 9.47 Å². The molecule has 1 saturated heterocycles. The molecule has 0 aliphatic carbocycles. The summed E-state index contributed by atoms with van der Waals surface area (Å²) in [6.07, 6.45) is -2.93. The fourth-order valence-electron chi connectivity index (χ4n) is 1.29. The molecule has 2 amide bonds. The van der Waals surface area contributed by atoms with Crippen LogP contribution in [0.3, 0.4) is 0 Å². The average molecular weight is 245 g/mol. The summed E-state index contributed by atoms with van der Waals surface area (Å²) in [6, 6.07) is -2.39. The number of ether oxygens (including phenoxy) is 2. The van der Waals surface area contributed by atoms with Crippen molar-refractivity contribution in [2.24, 2.45) is 0 Å². The highest BCUT2D eigenvalue weighted by molar-refractivity contribution is 5.99. The van der Waals surface area contributed by atoms with Crippen molar-refractivity contribution in [3.8, 4) is 0 Å². The largest absolute Gasteiger partial charge is 0.467 e. The number of nitrogens with zero attached hydrogens (tertiary/aromatic N) is 1. The third-order valence-corrected chi connectivity index (χ3v) is 1.93. The number of esters is 1. The van der Waals surface area contributed by atoms with Gasteiger partial charge in [0.2, 0.25) is 5.91 Å². The lowest BCUT2D eigenvalue weighted by Gasteiger charge is -2.26. The van der Waals surface area contributed by atoms with Crippen LogP contribution >= 0.6 is 0 Å². The maximum Gasteiger partial charge on any atom is 0.417 e. The first-order valence-electron chi connectivity index (χ1n) is 6.18. The Hall–Kier alpha value is -1.59. The predicted molar refractivity (Wildman–Crippen MR) is 58.1 cm³/mol. The SMILES string of the molecule is [2H][C@@H]1CC(=O)N(C(=O)OC(C)(C)C)[C@]1([2H])C(=O)OC. The first-order chi connectivity index (χ1) is 8.54. The van der Waals surface area contributed by atoms with E-state index in [2.05, 4.69) is 4.74 Å². The molecule has 1 aliphatic rings. The molecular weight excluding hydrogens is 226 g/mol. The Morgan fingerprint density at radius 1 is 1.53 bits per heavy atom. The van der Waals surface area contributed by atoms with Gasteiger partial charge in [-0.1, -0.05) is 0 Å². The van der Waals surface area contributed by atoms with E-state index in [-0.39, 0.29) is 0 Å². The molecule has 0 N–H and O–H groups in total. The zero-order valence-corrected chi connectivity index (χ0v) is 10.3. The summed E-state index contributed by atoms with van der Waals surface area (Å²) < 4.78 is 25.0. The van der Waals surface area contributed by atoms with Gasteiger partial charge in [-0.05, 0) is 27.2 Å². The van der Waals surface area contributed by atoms with Gasteiger partial charge in [-0.25, -0.2) is 14.5 Å². The molecule has 0 saturated carbocycles. The number of methoxy groups -OCH3 is 1. The lowest BCUT2D eigenvalue weighted by molar-refractivity contribution is -0.148. The van der Waals surface area contributed by atoms with Crippen LogP contribution in [-0.2, 0) is 19.1 Å². The molecule has 2 atom stereocenters. The van der Waals surface area contributed by atoms with Crippen LogP contribution in [0.15, 0.2) is 0 Å². The van der Waals surface area contributed by atoms with Crippen molar-refractivity contribution >= 4 is 18.0 Å². The monoisotopic (exact) mass is 245 g/mol. The van der Waals surface area contributed by atoms with Crippen LogP contribution in [0.1, 0.15) is 36.3 Å². The molecule has 0 aromatic carbocycles. The van der Waals surface area contributed by atoms with Gasteiger partial charge in [-0.2, -0.15) is 0 Å². The smallest absolute Gasteiger partial charge is 0.417 e. The molecule has 0 spiro atoms. The van der Waals surface area contributed by atoms with Crippen molar-refractivity contribution in [1.29, 1.82) is 0 Å². The highest BCUT2D eigenvalue weighted by atomic mass is 16.6. The van der Waals surface area contributed by atoms with Gasteiger partial charge in [0.05, 0.1) is 8.48 Å². The predicted octanol–water partition coefficient (Wildman–Crippen LogP) is 1.09. The minimum absolute atomic E-state index is 0.363. The zero-order chi connectivity index (χ0) is 15.0. The molecule has 0 radical (unpaired) electrons. The molecule has 0 aromatic rings. The zero-order valence-electron chi connectivity index (χ0n) is 12.3. The fraction of sp³-hybridized carbons (Fsp3) is 0.727. The number of rotatable bonds is 1. The van der Waals surface area contributed by atoms with Crippen LogP contribution in [0.4, 0.5) is 4.79 Å². The Kier molecular flexibility index (Phi) is 2.94. The standard InChI is InChI=1S/C11H17NO5/c1-11(2,3)17-10(15)12-7(9(14)16-4)5-6-8(12)13/h7H,5-6H2,1-4H3/t7-/m0/s1/i5D,7D/t5-,7+/m1. The van der Waals surface area contributed by atoms with Crippen LogP contribution < -0.4 is 0 Å². The molecule has 96 valence electrons. The van der Waals surface area contributed by atoms with Crippen molar-refractivity contribution in [2.45, 2.75) is 45.2 Å². The van der Waals surface area contributed by atoms with Crippen LogP contribution in [0.25, 0.3) is 0 Å². The molecule has 0 bridgehead atoms. The van der Waals surface area contributed by atoms with E-state index in [9.17, 15) is 14.4 Å². The number of likely N-dealkylation sites (tertiary alicyclic amines) is 1. The van der Waals surface area contributed by atoms with Crippen LogP contribution in [0.5, 0.6) is 0 Å². The maximum absolute atomic E-state index is 11.9. The van der Waals surface area contributed by atoms with E-state index in [0.29, 0.717) is 4.90 Å². The Morgan fingerprint density at radius 3 is 2.59 bits per heavy atom. The second-order valence-corrected chi connectivity index (χ2v) is 4.49. The van der Waals surface area contributed by atoms with Gasteiger partial charge in [0.1, 0.15) is 11.6 Å². The first kappa shape index (κ1) is 10.6. The fourth-order valence-corrected chi connectivity index (χ4v) is 1.29. The Morgan fingerprint density at radius 2 is 2.12 bits per heavy atom. The van der Waals surface area contributed by atoms with E-state index in [1.807, 2.05) is 0 Å². The molecule has 6 heteroatoms. The lowest BCUT2D eigenvalue weighted by Crippen LogP contribution is -2.45. The summed E-state index contributed by atoms with van der Waals surface area (Å²) in [4.78, 5) is 35.7. The summed E-state index contributed by atoms with van der Waals surface area (Å²) in [6.45, 7) is 4.77. The van der Waals surface area contributed by atoms with Crippen molar-refractivity contribution < 1.29 is 26.6 Å². The van der Waals surface area contributed by atoms with E-state index in [4.69, 9.17) is 7.48 Å². The van der Waals surface area contributed by atoms with E-state index in [1.165, 1.54) is 0 Å². The van der Waals surface area contributed by atoms with Gasteiger partial charge in [0.25, 0.3) is 0 Å². The summed E-state index contributed by atoms with van der Waals surface area (Å²) in [5.74, 6) is -1.93. The molecule has 6 nitrogen and oxygen atoms in total. The third-order valence-electron chi connectivity index (χ3n) is 1.93. The molecule has 17 heavy (non-hydrogen) atoms. The number of amides is 2. The van der Waals surface area contributed by atoms with E-state index < -0.39 is 42.4 Å². The second kappa shape index (κ2) is 4.73. The van der Waals surface area contributed by atoms with Gasteiger partial charge in [0, 0.05) is 7.79 Å². The Labute approximate surface area is 103 Å². The maximum atomic E-state index is 11.9. The highest BCUT2D eigenvalue weighted by Gasteiger charge is 2.42. The second-order valence-electron chi connectivity index (χ2n) is 4.49. The summed E-state index contributed by atoms with van der Waals surface area (Å²) in [7, 11) is 1.03. The Bertz CT molecular complexity index is 420.